The molecule has 2 rings (SSSR count). The highest BCUT2D eigenvalue weighted by atomic mass is 32.2. The maximum atomic E-state index is 12.1. The second-order valence-corrected chi connectivity index (χ2v) is 7.55. The van der Waals surface area contributed by atoms with Gasteiger partial charge in [-0.1, -0.05) is 33.1 Å². The lowest BCUT2D eigenvalue weighted by atomic mass is 9.89. The first-order valence-electron chi connectivity index (χ1n) is 7.70. The molecule has 0 aromatic heterocycles. The zero-order valence-electron chi connectivity index (χ0n) is 12.5. The van der Waals surface area contributed by atoms with E-state index in [1.807, 2.05) is 36.0 Å². The Morgan fingerprint density at radius 2 is 1.85 bits per heavy atom. The van der Waals surface area contributed by atoms with Crippen molar-refractivity contribution in [3.05, 3.63) is 29.8 Å². The molecule has 1 fully saturated rings. The molecule has 1 amide bonds. The molecule has 20 heavy (non-hydrogen) atoms. The minimum atomic E-state index is 0.0664. The summed E-state index contributed by atoms with van der Waals surface area (Å²) in [5.41, 5.74) is 0.772. The lowest BCUT2D eigenvalue weighted by Crippen LogP contribution is -2.30. The number of carbonyl (C=O) groups excluding carboxylic acids is 1. The van der Waals surface area contributed by atoms with Crippen LogP contribution in [0.3, 0.4) is 0 Å². The smallest absolute Gasteiger partial charge is 0.251 e. The Balaban J connectivity index is 1.82. The molecule has 0 heterocycles. The fourth-order valence-corrected chi connectivity index (χ4v) is 3.52. The van der Waals surface area contributed by atoms with Crippen molar-refractivity contribution in [2.75, 3.05) is 6.54 Å². The van der Waals surface area contributed by atoms with Crippen LogP contribution < -0.4 is 5.32 Å². The van der Waals surface area contributed by atoms with E-state index in [2.05, 4.69) is 19.2 Å². The van der Waals surface area contributed by atoms with Crippen LogP contribution in [0.5, 0.6) is 0 Å². The van der Waals surface area contributed by atoms with Crippen LogP contribution in [0, 0.1) is 5.92 Å². The monoisotopic (exact) mass is 291 g/mol. The number of amides is 1. The maximum absolute atomic E-state index is 12.1. The van der Waals surface area contributed by atoms with Gasteiger partial charge in [0, 0.05) is 22.3 Å². The summed E-state index contributed by atoms with van der Waals surface area (Å²) < 4.78 is 0. The lowest BCUT2D eigenvalue weighted by Gasteiger charge is -2.21. The Kier molecular flexibility index (Phi) is 5.96. The second kappa shape index (κ2) is 7.72. The van der Waals surface area contributed by atoms with Crippen LogP contribution >= 0.6 is 11.8 Å². The average Bonchev–Trinajstić information content (AvgIpc) is 2.46. The molecule has 1 aromatic rings. The van der Waals surface area contributed by atoms with Gasteiger partial charge in [0.1, 0.15) is 0 Å². The van der Waals surface area contributed by atoms with Crippen molar-refractivity contribution in [2.24, 2.45) is 5.92 Å². The zero-order chi connectivity index (χ0) is 14.4. The topological polar surface area (TPSA) is 29.1 Å². The normalized spacial score (nSPS) is 16.4. The van der Waals surface area contributed by atoms with Crippen LogP contribution in [0.1, 0.15) is 56.3 Å². The van der Waals surface area contributed by atoms with Crippen LogP contribution in [-0.4, -0.2) is 17.7 Å². The molecule has 0 spiro atoms. The first kappa shape index (κ1) is 15.4. The summed E-state index contributed by atoms with van der Waals surface area (Å²) in [6.45, 7) is 5.19. The number of carbonyl (C=O) groups is 1. The molecular formula is C17H25NOS. The molecular weight excluding hydrogens is 266 g/mol. The maximum Gasteiger partial charge on any atom is 0.251 e. The molecule has 2 nitrogen and oxygen atoms in total. The van der Waals surface area contributed by atoms with Crippen LogP contribution in [0.2, 0.25) is 0 Å². The quantitative estimate of drug-likeness (QED) is 0.809. The fourth-order valence-electron chi connectivity index (χ4n) is 2.69. The Hall–Kier alpha value is -0.960. The molecule has 0 bridgehead atoms. The summed E-state index contributed by atoms with van der Waals surface area (Å²) in [6.07, 6.45) is 6.54. The molecule has 3 heteroatoms. The van der Waals surface area contributed by atoms with Gasteiger partial charge in [-0.25, -0.2) is 0 Å². The van der Waals surface area contributed by atoms with Gasteiger partial charge in [-0.3, -0.25) is 4.79 Å². The van der Waals surface area contributed by atoms with E-state index in [4.69, 9.17) is 0 Å². The van der Waals surface area contributed by atoms with Gasteiger partial charge in [0.15, 0.2) is 0 Å². The molecule has 0 radical (unpaired) electrons. The SMILES string of the molecule is CC(C)Sc1ccc(C(=O)NCC2CCCCC2)cc1. The van der Waals surface area contributed by atoms with Crippen LogP contribution in [0.15, 0.2) is 29.2 Å². The van der Waals surface area contributed by atoms with Gasteiger partial charge >= 0.3 is 0 Å². The lowest BCUT2D eigenvalue weighted by molar-refractivity contribution is 0.0943. The molecule has 0 unspecified atom stereocenters. The third-order valence-corrected chi connectivity index (χ3v) is 4.78. The van der Waals surface area contributed by atoms with Gasteiger partial charge in [-0.05, 0) is 43.0 Å². The van der Waals surface area contributed by atoms with Gasteiger partial charge in [0.25, 0.3) is 5.91 Å². The van der Waals surface area contributed by atoms with E-state index in [1.165, 1.54) is 37.0 Å². The summed E-state index contributed by atoms with van der Waals surface area (Å²) in [5, 5.41) is 3.65. The minimum absolute atomic E-state index is 0.0664. The number of thioether (sulfide) groups is 1. The highest BCUT2D eigenvalue weighted by Crippen LogP contribution is 2.24. The number of rotatable bonds is 5. The molecule has 110 valence electrons. The molecule has 1 N–H and O–H groups in total. The second-order valence-electron chi connectivity index (χ2n) is 5.91. The Morgan fingerprint density at radius 3 is 2.45 bits per heavy atom. The summed E-state index contributed by atoms with van der Waals surface area (Å²) in [6, 6.07) is 7.95. The predicted octanol–water partition coefficient (Wildman–Crippen LogP) is 4.50. The Bertz CT molecular complexity index is 421. The van der Waals surface area contributed by atoms with Gasteiger partial charge < -0.3 is 5.32 Å². The molecule has 1 aromatic carbocycles. The molecule has 0 saturated heterocycles. The van der Waals surface area contributed by atoms with E-state index in [9.17, 15) is 4.79 Å². The highest BCUT2D eigenvalue weighted by Gasteiger charge is 2.14. The molecule has 1 saturated carbocycles. The summed E-state index contributed by atoms with van der Waals surface area (Å²) in [7, 11) is 0. The Morgan fingerprint density at radius 1 is 1.20 bits per heavy atom. The van der Waals surface area contributed by atoms with Gasteiger partial charge in [-0.2, -0.15) is 0 Å². The van der Waals surface area contributed by atoms with Gasteiger partial charge in [-0.15, -0.1) is 11.8 Å². The standard InChI is InChI=1S/C17H25NOS/c1-13(2)20-16-10-8-15(9-11-16)17(19)18-12-14-6-4-3-5-7-14/h8-11,13-14H,3-7,12H2,1-2H3,(H,18,19). The van der Waals surface area contributed by atoms with E-state index < -0.39 is 0 Å². The van der Waals surface area contributed by atoms with E-state index in [0.717, 1.165) is 12.1 Å². The van der Waals surface area contributed by atoms with Crippen molar-refractivity contribution in [3.8, 4) is 0 Å². The van der Waals surface area contributed by atoms with Crippen molar-refractivity contribution in [3.63, 3.8) is 0 Å². The Labute approximate surface area is 126 Å². The number of hydrogen-bond acceptors (Lipinski definition) is 2. The first-order chi connectivity index (χ1) is 9.65. The minimum Gasteiger partial charge on any atom is -0.352 e. The zero-order valence-corrected chi connectivity index (χ0v) is 13.3. The third kappa shape index (κ3) is 4.86. The van der Waals surface area contributed by atoms with Crippen molar-refractivity contribution in [2.45, 2.75) is 56.1 Å². The third-order valence-electron chi connectivity index (χ3n) is 3.76. The fraction of sp³-hybridized carbons (Fsp3) is 0.588. The van der Waals surface area contributed by atoms with E-state index in [1.54, 1.807) is 0 Å². The van der Waals surface area contributed by atoms with Gasteiger partial charge in [0.2, 0.25) is 0 Å². The van der Waals surface area contributed by atoms with Crippen LogP contribution in [-0.2, 0) is 0 Å². The van der Waals surface area contributed by atoms with Crippen molar-refractivity contribution < 1.29 is 4.79 Å². The van der Waals surface area contributed by atoms with E-state index in [-0.39, 0.29) is 5.91 Å². The van der Waals surface area contributed by atoms with Crippen molar-refractivity contribution in [1.29, 1.82) is 0 Å². The highest BCUT2D eigenvalue weighted by molar-refractivity contribution is 7.99. The molecule has 1 aliphatic rings. The summed E-state index contributed by atoms with van der Waals surface area (Å²) >= 11 is 1.82. The van der Waals surface area contributed by atoms with Gasteiger partial charge in [0.05, 0.1) is 0 Å². The van der Waals surface area contributed by atoms with Crippen LogP contribution in [0.4, 0.5) is 0 Å². The van der Waals surface area contributed by atoms with Crippen molar-refractivity contribution >= 4 is 17.7 Å². The van der Waals surface area contributed by atoms with Crippen LogP contribution in [0.25, 0.3) is 0 Å². The largest absolute Gasteiger partial charge is 0.352 e. The molecule has 1 aliphatic carbocycles. The number of benzene rings is 1. The number of hydrogen-bond donors (Lipinski definition) is 1. The summed E-state index contributed by atoms with van der Waals surface area (Å²) in [5.74, 6) is 0.750. The van der Waals surface area contributed by atoms with Crippen molar-refractivity contribution in [1.82, 2.24) is 5.32 Å². The predicted molar refractivity (Wildman–Crippen MR) is 86.3 cm³/mol. The molecule has 0 aliphatic heterocycles. The summed E-state index contributed by atoms with van der Waals surface area (Å²) in [4.78, 5) is 13.3. The first-order valence-corrected chi connectivity index (χ1v) is 8.58. The van der Waals surface area contributed by atoms with E-state index in [0.29, 0.717) is 11.2 Å². The molecule has 0 atom stereocenters. The number of nitrogens with one attached hydrogen (secondary N) is 1. The average molecular weight is 291 g/mol. The van der Waals surface area contributed by atoms with E-state index >= 15 is 0 Å².